The predicted molar refractivity (Wildman–Crippen MR) is 86.0 cm³/mol. The highest BCUT2D eigenvalue weighted by molar-refractivity contribution is 5.89. The van der Waals surface area contributed by atoms with Gasteiger partial charge in [0.1, 0.15) is 0 Å². The first kappa shape index (κ1) is 15.1. The third-order valence-corrected chi connectivity index (χ3v) is 3.36. The fourth-order valence-electron chi connectivity index (χ4n) is 2.18. The van der Waals surface area contributed by atoms with Crippen LogP contribution in [0.25, 0.3) is 0 Å². The standard InChI is InChI=1S/C17H21N3O/c1-13-6-5-9-16(10-13)19-17(21)20(2)12-15-8-4-3-7-14(15)11-18/h3-10H,11-12,18H2,1-2H3,(H,19,21). The molecule has 0 fully saturated rings. The zero-order chi connectivity index (χ0) is 15.2. The maximum Gasteiger partial charge on any atom is 0.321 e. The maximum atomic E-state index is 12.2. The summed E-state index contributed by atoms with van der Waals surface area (Å²) in [5.74, 6) is 0. The van der Waals surface area contributed by atoms with E-state index < -0.39 is 0 Å². The number of rotatable bonds is 4. The van der Waals surface area contributed by atoms with Crippen molar-refractivity contribution >= 4 is 11.7 Å². The third-order valence-electron chi connectivity index (χ3n) is 3.36. The van der Waals surface area contributed by atoms with Crippen LogP contribution in [0.1, 0.15) is 16.7 Å². The second-order valence-electron chi connectivity index (χ2n) is 5.13. The number of carbonyl (C=O) groups is 1. The fraction of sp³-hybridized carbons (Fsp3) is 0.235. The molecule has 2 rings (SSSR count). The summed E-state index contributed by atoms with van der Waals surface area (Å²) in [6.07, 6.45) is 0. The zero-order valence-corrected chi connectivity index (χ0v) is 12.5. The van der Waals surface area contributed by atoms with Gasteiger partial charge in [-0.15, -0.1) is 0 Å². The Morgan fingerprint density at radius 3 is 2.52 bits per heavy atom. The van der Waals surface area contributed by atoms with Gasteiger partial charge >= 0.3 is 6.03 Å². The van der Waals surface area contributed by atoms with E-state index in [-0.39, 0.29) is 6.03 Å². The Labute approximate surface area is 125 Å². The predicted octanol–water partition coefficient (Wildman–Crippen LogP) is 3.12. The molecule has 2 amide bonds. The van der Waals surface area contributed by atoms with Gasteiger partial charge in [0.15, 0.2) is 0 Å². The van der Waals surface area contributed by atoms with Crippen molar-refractivity contribution in [2.75, 3.05) is 12.4 Å². The molecule has 2 aromatic carbocycles. The van der Waals surface area contributed by atoms with Crippen molar-refractivity contribution in [3.05, 3.63) is 65.2 Å². The summed E-state index contributed by atoms with van der Waals surface area (Å²) in [6, 6.07) is 15.5. The molecule has 0 aromatic heterocycles. The Balaban J connectivity index is 2.02. The van der Waals surface area contributed by atoms with E-state index in [0.717, 1.165) is 22.4 Å². The van der Waals surface area contributed by atoms with Crippen molar-refractivity contribution in [1.29, 1.82) is 0 Å². The van der Waals surface area contributed by atoms with E-state index in [1.807, 2.05) is 55.5 Å². The average Bonchev–Trinajstić information content (AvgIpc) is 2.47. The van der Waals surface area contributed by atoms with Gasteiger partial charge in [-0.1, -0.05) is 36.4 Å². The number of nitrogens with zero attached hydrogens (tertiary/aromatic N) is 1. The summed E-state index contributed by atoms with van der Waals surface area (Å²) in [7, 11) is 1.78. The topological polar surface area (TPSA) is 58.4 Å². The molecular formula is C17H21N3O. The Kier molecular flexibility index (Phi) is 4.95. The zero-order valence-electron chi connectivity index (χ0n) is 12.5. The van der Waals surface area contributed by atoms with Crippen molar-refractivity contribution in [3.63, 3.8) is 0 Å². The molecule has 3 N–H and O–H groups in total. The van der Waals surface area contributed by atoms with E-state index >= 15 is 0 Å². The molecule has 0 saturated heterocycles. The number of hydrogen-bond donors (Lipinski definition) is 2. The second kappa shape index (κ2) is 6.90. The Bertz CT molecular complexity index is 625. The Morgan fingerprint density at radius 2 is 1.86 bits per heavy atom. The highest BCUT2D eigenvalue weighted by Gasteiger charge is 2.11. The van der Waals surface area contributed by atoms with Crippen LogP contribution in [0.4, 0.5) is 10.5 Å². The molecule has 0 bridgehead atoms. The van der Waals surface area contributed by atoms with Crippen LogP contribution < -0.4 is 11.1 Å². The second-order valence-corrected chi connectivity index (χ2v) is 5.13. The monoisotopic (exact) mass is 283 g/mol. The molecule has 0 heterocycles. The first-order valence-corrected chi connectivity index (χ1v) is 6.96. The number of aryl methyl sites for hydroxylation is 1. The molecular weight excluding hydrogens is 262 g/mol. The molecule has 110 valence electrons. The van der Waals surface area contributed by atoms with Crippen LogP contribution in [-0.4, -0.2) is 18.0 Å². The lowest BCUT2D eigenvalue weighted by molar-refractivity contribution is 0.220. The van der Waals surface area contributed by atoms with E-state index in [1.165, 1.54) is 0 Å². The summed E-state index contributed by atoms with van der Waals surface area (Å²) >= 11 is 0. The van der Waals surface area contributed by atoms with Crippen molar-refractivity contribution in [2.24, 2.45) is 5.73 Å². The van der Waals surface area contributed by atoms with Gasteiger partial charge in [0.25, 0.3) is 0 Å². The van der Waals surface area contributed by atoms with Crippen LogP contribution >= 0.6 is 0 Å². The van der Waals surface area contributed by atoms with Gasteiger partial charge in [0.2, 0.25) is 0 Å². The lowest BCUT2D eigenvalue weighted by Crippen LogP contribution is -2.31. The third kappa shape index (κ3) is 4.07. The summed E-state index contributed by atoms with van der Waals surface area (Å²) in [5.41, 5.74) is 9.78. The molecule has 0 spiro atoms. The number of anilines is 1. The molecule has 2 aromatic rings. The minimum absolute atomic E-state index is 0.132. The minimum Gasteiger partial charge on any atom is -0.326 e. The van der Waals surface area contributed by atoms with E-state index in [2.05, 4.69) is 5.32 Å². The van der Waals surface area contributed by atoms with Crippen molar-refractivity contribution in [1.82, 2.24) is 4.90 Å². The molecule has 4 heteroatoms. The van der Waals surface area contributed by atoms with Crippen molar-refractivity contribution in [2.45, 2.75) is 20.0 Å². The van der Waals surface area contributed by atoms with Gasteiger partial charge in [0, 0.05) is 25.8 Å². The Hall–Kier alpha value is -2.33. The fourth-order valence-corrected chi connectivity index (χ4v) is 2.18. The molecule has 0 aliphatic rings. The molecule has 4 nitrogen and oxygen atoms in total. The maximum absolute atomic E-state index is 12.2. The number of nitrogens with two attached hydrogens (primary N) is 1. The number of benzene rings is 2. The van der Waals surface area contributed by atoms with Gasteiger partial charge in [0.05, 0.1) is 0 Å². The van der Waals surface area contributed by atoms with Crippen LogP contribution in [-0.2, 0) is 13.1 Å². The summed E-state index contributed by atoms with van der Waals surface area (Å²) in [6.45, 7) is 3.01. The normalized spacial score (nSPS) is 10.2. The van der Waals surface area contributed by atoms with Gasteiger partial charge in [-0.2, -0.15) is 0 Å². The number of carbonyl (C=O) groups excluding carboxylic acids is 1. The van der Waals surface area contributed by atoms with Crippen molar-refractivity contribution in [3.8, 4) is 0 Å². The van der Waals surface area contributed by atoms with Gasteiger partial charge in [-0.05, 0) is 35.7 Å². The first-order valence-electron chi connectivity index (χ1n) is 6.96. The van der Waals surface area contributed by atoms with Crippen LogP contribution in [0.15, 0.2) is 48.5 Å². The number of urea groups is 1. The number of nitrogens with one attached hydrogen (secondary N) is 1. The average molecular weight is 283 g/mol. The molecule has 0 saturated carbocycles. The van der Waals surface area contributed by atoms with E-state index in [1.54, 1.807) is 11.9 Å². The summed E-state index contributed by atoms with van der Waals surface area (Å²) < 4.78 is 0. The molecule has 0 unspecified atom stereocenters. The lowest BCUT2D eigenvalue weighted by atomic mass is 10.1. The van der Waals surface area contributed by atoms with Crippen LogP contribution in [0.3, 0.4) is 0 Å². The first-order chi connectivity index (χ1) is 10.1. The Morgan fingerprint density at radius 1 is 1.14 bits per heavy atom. The molecule has 0 atom stereocenters. The van der Waals surface area contributed by atoms with Gasteiger partial charge < -0.3 is 16.0 Å². The van der Waals surface area contributed by atoms with E-state index in [9.17, 15) is 4.79 Å². The minimum atomic E-state index is -0.132. The molecule has 0 radical (unpaired) electrons. The molecule has 0 aliphatic carbocycles. The van der Waals surface area contributed by atoms with Crippen molar-refractivity contribution < 1.29 is 4.79 Å². The van der Waals surface area contributed by atoms with Gasteiger partial charge in [-0.25, -0.2) is 4.79 Å². The van der Waals surface area contributed by atoms with E-state index in [4.69, 9.17) is 5.73 Å². The van der Waals surface area contributed by atoms with Crippen LogP contribution in [0.2, 0.25) is 0 Å². The SMILES string of the molecule is Cc1cccc(NC(=O)N(C)Cc2ccccc2CN)c1. The number of amides is 2. The van der Waals surface area contributed by atoms with Crippen LogP contribution in [0.5, 0.6) is 0 Å². The van der Waals surface area contributed by atoms with E-state index in [0.29, 0.717) is 13.1 Å². The highest BCUT2D eigenvalue weighted by Crippen LogP contribution is 2.13. The lowest BCUT2D eigenvalue weighted by Gasteiger charge is -2.19. The highest BCUT2D eigenvalue weighted by atomic mass is 16.2. The summed E-state index contributed by atoms with van der Waals surface area (Å²) in [4.78, 5) is 13.9. The molecule has 21 heavy (non-hydrogen) atoms. The summed E-state index contributed by atoms with van der Waals surface area (Å²) in [5, 5.41) is 2.90. The smallest absolute Gasteiger partial charge is 0.321 e. The quantitative estimate of drug-likeness (QED) is 0.905. The van der Waals surface area contributed by atoms with Crippen LogP contribution in [0, 0.1) is 6.92 Å². The van der Waals surface area contributed by atoms with Gasteiger partial charge in [-0.3, -0.25) is 0 Å². The largest absolute Gasteiger partial charge is 0.326 e. The molecule has 0 aliphatic heterocycles. The number of hydrogen-bond acceptors (Lipinski definition) is 2.